The van der Waals surface area contributed by atoms with E-state index in [4.69, 9.17) is 0 Å². The Morgan fingerprint density at radius 3 is 2.35 bits per heavy atom. The van der Waals surface area contributed by atoms with Gasteiger partial charge < -0.3 is 15.1 Å². The Bertz CT molecular complexity index is 494. The Labute approximate surface area is 135 Å². The van der Waals surface area contributed by atoms with Gasteiger partial charge in [0.2, 0.25) is 0 Å². The van der Waals surface area contributed by atoms with Gasteiger partial charge in [-0.3, -0.25) is 4.99 Å². The lowest BCUT2D eigenvalue weighted by molar-refractivity contribution is -0.132. The summed E-state index contributed by atoms with van der Waals surface area (Å²) in [5.74, 6) is 0.574. The molecule has 0 bridgehead atoms. The summed E-state index contributed by atoms with van der Waals surface area (Å²) in [5, 5.41) is 3.08. The van der Waals surface area contributed by atoms with Crippen LogP contribution in [0.15, 0.2) is 35.3 Å². The number of piperazine rings is 1. The molecule has 1 aliphatic rings. The molecule has 7 heteroatoms. The lowest BCUT2D eigenvalue weighted by Crippen LogP contribution is -2.52. The zero-order valence-electron chi connectivity index (χ0n) is 13.3. The molecular weight excluding hydrogens is 305 g/mol. The van der Waals surface area contributed by atoms with E-state index in [1.54, 1.807) is 0 Å². The molecule has 1 aromatic carbocycles. The van der Waals surface area contributed by atoms with Gasteiger partial charge >= 0.3 is 6.18 Å². The second kappa shape index (κ2) is 8.08. The number of halogens is 3. The van der Waals surface area contributed by atoms with Gasteiger partial charge in [-0.25, -0.2) is 0 Å². The molecular formula is C16H23F3N4. The molecule has 0 radical (unpaired) electrons. The lowest BCUT2D eigenvalue weighted by Gasteiger charge is -2.37. The van der Waals surface area contributed by atoms with Crippen molar-refractivity contribution in [2.24, 2.45) is 4.99 Å². The van der Waals surface area contributed by atoms with Gasteiger partial charge in [0, 0.05) is 38.4 Å². The van der Waals surface area contributed by atoms with E-state index in [-0.39, 0.29) is 6.54 Å². The number of nitrogens with zero attached hydrogens (tertiary/aromatic N) is 3. The van der Waals surface area contributed by atoms with E-state index >= 15 is 0 Å². The molecule has 0 unspecified atom stereocenters. The van der Waals surface area contributed by atoms with Crippen LogP contribution in [0.25, 0.3) is 0 Å². The standard InChI is InChI=1S/C16H23F3N4/c1-2-20-15(21-9-8-16(17,18)19)23-12-10-22(11-13-23)14-6-4-3-5-7-14/h3-7H,2,8-13H2,1H3,(H,20,21). The molecule has 128 valence electrons. The molecule has 0 aromatic heterocycles. The number of alkyl halides is 3. The summed E-state index contributed by atoms with van der Waals surface area (Å²) in [6.45, 7) is 5.47. The Morgan fingerprint density at radius 1 is 1.13 bits per heavy atom. The number of nitrogens with one attached hydrogen (secondary N) is 1. The topological polar surface area (TPSA) is 30.9 Å². The molecule has 1 heterocycles. The number of para-hydroxylation sites is 1. The maximum atomic E-state index is 12.3. The first-order valence-electron chi connectivity index (χ1n) is 7.89. The molecule has 1 N–H and O–H groups in total. The van der Waals surface area contributed by atoms with Crippen LogP contribution in [0.2, 0.25) is 0 Å². The molecule has 0 amide bonds. The first-order chi connectivity index (χ1) is 11.0. The van der Waals surface area contributed by atoms with Gasteiger partial charge in [0.05, 0.1) is 13.0 Å². The molecule has 0 spiro atoms. The highest BCUT2D eigenvalue weighted by atomic mass is 19.4. The largest absolute Gasteiger partial charge is 0.390 e. The van der Waals surface area contributed by atoms with Gasteiger partial charge in [-0.2, -0.15) is 13.2 Å². The third kappa shape index (κ3) is 5.65. The fraction of sp³-hybridized carbons (Fsp3) is 0.562. The van der Waals surface area contributed by atoms with E-state index in [0.717, 1.165) is 26.2 Å². The Balaban J connectivity index is 1.91. The molecule has 0 saturated carbocycles. The van der Waals surface area contributed by atoms with Gasteiger partial charge in [0.1, 0.15) is 0 Å². The maximum absolute atomic E-state index is 12.3. The average molecular weight is 328 g/mol. The smallest absolute Gasteiger partial charge is 0.368 e. The van der Waals surface area contributed by atoms with Crippen molar-refractivity contribution in [3.05, 3.63) is 30.3 Å². The summed E-state index contributed by atoms with van der Waals surface area (Å²) in [6.07, 6.45) is -5.04. The van der Waals surface area contributed by atoms with Crippen LogP contribution < -0.4 is 10.2 Å². The summed E-state index contributed by atoms with van der Waals surface area (Å²) in [7, 11) is 0. The summed E-state index contributed by atoms with van der Waals surface area (Å²) in [6, 6.07) is 10.1. The maximum Gasteiger partial charge on any atom is 0.390 e. The van der Waals surface area contributed by atoms with Gasteiger partial charge in [-0.15, -0.1) is 0 Å². The molecule has 2 rings (SSSR count). The number of rotatable bonds is 4. The van der Waals surface area contributed by atoms with Crippen LogP contribution in [0.1, 0.15) is 13.3 Å². The van der Waals surface area contributed by atoms with E-state index in [9.17, 15) is 13.2 Å². The van der Waals surface area contributed by atoms with E-state index in [0.29, 0.717) is 12.5 Å². The van der Waals surface area contributed by atoms with Crippen molar-refractivity contribution in [3.63, 3.8) is 0 Å². The molecule has 1 aliphatic heterocycles. The van der Waals surface area contributed by atoms with E-state index in [1.807, 2.05) is 30.0 Å². The first kappa shape index (κ1) is 17.4. The molecule has 0 atom stereocenters. The fourth-order valence-corrected chi connectivity index (χ4v) is 2.53. The van der Waals surface area contributed by atoms with Gasteiger partial charge in [0.25, 0.3) is 0 Å². The molecule has 1 aromatic rings. The minimum absolute atomic E-state index is 0.231. The van der Waals surface area contributed by atoms with E-state index in [1.165, 1.54) is 5.69 Å². The molecule has 4 nitrogen and oxygen atoms in total. The van der Waals surface area contributed by atoms with Crippen molar-refractivity contribution < 1.29 is 13.2 Å². The van der Waals surface area contributed by atoms with Crippen molar-refractivity contribution in [1.29, 1.82) is 0 Å². The molecule has 23 heavy (non-hydrogen) atoms. The highest BCUT2D eigenvalue weighted by Gasteiger charge is 2.26. The monoisotopic (exact) mass is 328 g/mol. The molecule has 1 saturated heterocycles. The number of hydrogen-bond acceptors (Lipinski definition) is 2. The summed E-state index contributed by atoms with van der Waals surface area (Å²) < 4.78 is 36.8. The number of aliphatic imine (C=N–C) groups is 1. The fourth-order valence-electron chi connectivity index (χ4n) is 2.53. The van der Waals surface area contributed by atoms with Crippen molar-refractivity contribution >= 4 is 11.6 Å². The Morgan fingerprint density at radius 2 is 1.78 bits per heavy atom. The summed E-state index contributed by atoms with van der Waals surface area (Å²) >= 11 is 0. The SMILES string of the molecule is CCNC(=NCCC(F)(F)F)N1CCN(c2ccccc2)CC1. The summed E-state index contributed by atoms with van der Waals surface area (Å²) in [5.41, 5.74) is 1.17. The minimum atomic E-state index is -4.16. The third-order valence-corrected chi connectivity index (χ3v) is 3.69. The molecule has 1 fully saturated rings. The van der Waals surface area contributed by atoms with Crippen LogP contribution in [0, 0.1) is 0 Å². The van der Waals surface area contributed by atoms with Crippen molar-refractivity contribution in [3.8, 4) is 0 Å². The van der Waals surface area contributed by atoms with Crippen LogP contribution in [0.5, 0.6) is 0 Å². The predicted octanol–water partition coefficient (Wildman–Crippen LogP) is 2.73. The summed E-state index contributed by atoms with van der Waals surface area (Å²) in [4.78, 5) is 8.41. The predicted molar refractivity (Wildman–Crippen MR) is 86.9 cm³/mol. The lowest BCUT2D eigenvalue weighted by atomic mass is 10.2. The highest BCUT2D eigenvalue weighted by molar-refractivity contribution is 5.80. The quantitative estimate of drug-likeness (QED) is 0.681. The van der Waals surface area contributed by atoms with E-state index in [2.05, 4.69) is 27.3 Å². The second-order valence-electron chi connectivity index (χ2n) is 5.41. The van der Waals surface area contributed by atoms with Crippen LogP contribution >= 0.6 is 0 Å². The zero-order chi connectivity index (χ0) is 16.7. The normalized spacial score (nSPS) is 16.6. The third-order valence-electron chi connectivity index (χ3n) is 3.69. The minimum Gasteiger partial charge on any atom is -0.368 e. The van der Waals surface area contributed by atoms with Gasteiger partial charge in [-0.05, 0) is 19.1 Å². The second-order valence-corrected chi connectivity index (χ2v) is 5.41. The van der Waals surface area contributed by atoms with Crippen LogP contribution in [-0.4, -0.2) is 56.3 Å². The Hall–Kier alpha value is -1.92. The van der Waals surface area contributed by atoms with Crippen LogP contribution in [0.4, 0.5) is 18.9 Å². The van der Waals surface area contributed by atoms with Crippen LogP contribution in [0.3, 0.4) is 0 Å². The Kier molecular flexibility index (Phi) is 6.12. The number of benzene rings is 1. The highest BCUT2D eigenvalue weighted by Crippen LogP contribution is 2.19. The van der Waals surface area contributed by atoms with E-state index < -0.39 is 12.6 Å². The first-order valence-corrected chi connectivity index (χ1v) is 7.89. The zero-order valence-corrected chi connectivity index (χ0v) is 13.3. The molecule has 0 aliphatic carbocycles. The van der Waals surface area contributed by atoms with Gasteiger partial charge in [0.15, 0.2) is 5.96 Å². The van der Waals surface area contributed by atoms with Gasteiger partial charge in [-0.1, -0.05) is 18.2 Å². The number of hydrogen-bond donors (Lipinski definition) is 1. The van der Waals surface area contributed by atoms with Crippen molar-refractivity contribution in [1.82, 2.24) is 10.2 Å². The van der Waals surface area contributed by atoms with Crippen molar-refractivity contribution in [2.45, 2.75) is 19.5 Å². The van der Waals surface area contributed by atoms with Crippen molar-refractivity contribution in [2.75, 3.05) is 44.2 Å². The average Bonchev–Trinajstić information content (AvgIpc) is 2.54. The number of guanidine groups is 1. The number of anilines is 1. The van der Waals surface area contributed by atoms with Crippen LogP contribution in [-0.2, 0) is 0 Å².